The number of carbonyl (C=O) groups is 5. The zero-order valence-corrected chi connectivity index (χ0v) is 36.0. The number of imide groups is 2. The highest BCUT2D eigenvalue weighted by atomic mass is 16.5. The number of esters is 1. The number of para-hydroxylation sites is 4. The summed E-state index contributed by atoms with van der Waals surface area (Å²) in [4.78, 5) is 70.8. The highest BCUT2D eigenvalue weighted by Crippen LogP contribution is 2.47. The summed E-state index contributed by atoms with van der Waals surface area (Å²) in [5.41, 5.74) is 9.15. The Balaban J connectivity index is 0.000000134. The second-order valence-corrected chi connectivity index (χ2v) is 17.9. The molecule has 10 aromatic rings. The van der Waals surface area contributed by atoms with Crippen LogP contribution < -0.4 is 10.6 Å². The molecule has 2 aliphatic carbocycles. The number of hydrogen-bond donors (Lipinski definition) is 5. The van der Waals surface area contributed by atoms with Crippen LogP contribution in [-0.4, -0.2) is 66.0 Å². The summed E-state index contributed by atoms with van der Waals surface area (Å²) in [6.07, 6.45) is 10.2. The van der Waals surface area contributed by atoms with Gasteiger partial charge in [0.1, 0.15) is 6.10 Å². The number of ether oxygens (including phenoxy) is 1. The van der Waals surface area contributed by atoms with Gasteiger partial charge in [-0.25, -0.2) is 0 Å². The molecule has 0 saturated heterocycles. The molecule has 5 N–H and O–H groups in total. The first-order chi connectivity index (χ1) is 32.7. The molecule has 0 fully saturated rings. The number of aliphatic hydroxyl groups excluding tert-OH is 1. The Morgan fingerprint density at radius 3 is 1.37 bits per heavy atom. The summed E-state index contributed by atoms with van der Waals surface area (Å²) >= 11 is 0. The van der Waals surface area contributed by atoms with E-state index in [-0.39, 0.29) is 47.8 Å². The van der Waals surface area contributed by atoms with Gasteiger partial charge in [0, 0.05) is 72.1 Å². The Bertz CT molecular complexity index is 3970. The Labute approximate surface area is 379 Å². The summed E-state index contributed by atoms with van der Waals surface area (Å²) in [6, 6.07) is 31.8. The van der Waals surface area contributed by atoms with Gasteiger partial charge in [-0.05, 0) is 56.0 Å². The maximum absolute atomic E-state index is 13.2. The third kappa shape index (κ3) is 5.55. The van der Waals surface area contributed by atoms with Crippen molar-refractivity contribution in [1.29, 1.82) is 0 Å². The second kappa shape index (κ2) is 14.4. The van der Waals surface area contributed by atoms with E-state index in [1.165, 1.54) is 6.92 Å². The summed E-state index contributed by atoms with van der Waals surface area (Å²) in [7, 11) is 0. The first kappa shape index (κ1) is 39.1. The number of aromatic nitrogens is 4. The molecule has 67 heavy (non-hydrogen) atoms. The van der Waals surface area contributed by atoms with E-state index < -0.39 is 6.10 Å². The van der Waals surface area contributed by atoms with E-state index in [1.807, 2.05) is 103 Å². The van der Waals surface area contributed by atoms with Gasteiger partial charge in [-0.3, -0.25) is 34.6 Å². The number of rotatable bonds is 3. The number of aromatic amines is 2. The lowest BCUT2D eigenvalue weighted by atomic mass is 9.96. The molecular weight excluding hydrogens is 845 g/mol. The number of H-pyrrole nitrogens is 2. The first-order valence-electron chi connectivity index (χ1n) is 22.6. The molecule has 4 atom stereocenters. The lowest BCUT2D eigenvalue weighted by Crippen LogP contribution is -2.20. The highest BCUT2D eigenvalue weighted by Gasteiger charge is 2.38. The van der Waals surface area contributed by atoms with Crippen molar-refractivity contribution in [2.24, 2.45) is 0 Å². The van der Waals surface area contributed by atoms with Crippen LogP contribution in [0.1, 0.15) is 86.1 Å². The predicted octanol–water partition coefficient (Wildman–Crippen LogP) is 9.70. The maximum atomic E-state index is 13.2. The van der Waals surface area contributed by atoms with E-state index in [9.17, 15) is 29.1 Å². The normalized spacial score (nSPS) is 20.1. The molecule has 2 aliphatic heterocycles. The van der Waals surface area contributed by atoms with Crippen molar-refractivity contribution in [2.75, 3.05) is 0 Å². The minimum absolute atomic E-state index is 0.00274. The standard InChI is InChI=1S/C28H21N3O4.C26H19N3O3/c1-14(32)35-16-12-10-15(11-13-16)31-20-9-5-3-7-18(20)22-24-23(27(33)30-28(24)34)21-17-6-2-4-8-19(17)29-25(21)26(22)31;30-14-11-9-13(10-12-14)29-18-8-4-2-6-16(18)20-22-21(25(31)28-26(22)32)19-15-5-1-3-7-17(15)27-23(19)24(20)29/h2-10,12,15-16,29H,11,13H2,1H3,(H,30,33,34);1-9,11,13-14,27,30H,10,12H2,(H,28,31,32)/t15?,16-;13?,14-/m00/s1. The number of carbonyl (C=O) groups excluding carboxylic acids is 5. The third-order valence-electron chi connectivity index (χ3n) is 14.2. The van der Waals surface area contributed by atoms with E-state index in [0.717, 1.165) is 100 Å². The molecule has 0 spiro atoms. The largest absolute Gasteiger partial charge is 0.458 e. The lowest BCUT2D eigenvalue weighted by Gasteiger charge is -2.25. The monoisotopic (exact) mass is 884 g/mol. The molecule has 4 aliphatic rings. The minimum Gasteiger partial charge on any atom is -0.458 e. The van der Waals surface area contributed by atoms with Crippen LogP contribution in [0, 0.1) is 0 Å². The van der Waals surface area contributed by atoms with Gasteiger partial charge in [-0.15, -0.1) is 0 Å². The Kier molecular flexibility index (Phi) is 8.38. The van der Waals surface area contributed by atoms with Crippen molar-refractivity contribution in [3.8, 4) is 0 Å². The topological polar surface area (TPSA) is 180 Å². The Hall–Kier alpha value is -8.29. The molecule has 2 unspecified atom stereocenters. The molecule has 13 heteroatoms. The molecule has 0 bridgehead atoms. The summed E-state index contributed by atoms with van der Waals surface area (Å²) in [6.45, 7) is 1.42. The van der Waals surface area contributed by atoms with Gasteiger partial charge in [0.2, 0.25) is 0 Å². The van der Waals surface area contributed by atoms with E-state index in [2.05, 4.69) is 47.9 Å². The number of benzene rings is 6. The van der Waals surface area contributed by atoms with Gasteiger partial charge < -0.3 is 28.9 Å². The SMILES string of the molecule is CC(=O)O[C@H]1C=CC(n2c3ccccc3c3c4c(c5c6ccccc6[nH]c5c32)C(=O)NC4=O)CC1.O=C1NC(=O)c2c1c1c3ccccc3[nH]c1c1c2c2ccccc2n1C1C=C[C@H](O)CC1. The number of amides is 4. The number of aliphatic hydroxyl groups is 1. The fraction of sp³-hybridized carbons (Fsp3) is 0.167. The average Bonchev–Trinajstić information content (AvgIpc) is 4.17. The fourth-order valence-electron chi connectivity index (χ4n) is 11.5. The molecule has 6 heterocycles. The molecule has 0 saturated carbocycles. The van der Waals surface area contributed by atoms with Crippen LogP contribution in [0.25, 0.3) is 87.2 Å². The van der Waals surface area contributed by atoms with Crippen molar-refractivity contribution in [1.82, 2.24) is 29.7 Å². The zero-order valence-electron chi connectivity index (χ0n) is 36.0. The van der Waals surface area contributed by atoms with Crippen molar-refractivity contribution >= 4 is 117 Å². The van der Waals surface area contributed by atoms with Crippen LogP contribution in [0.2, 0.25) is 0 Å². The molecule has 4 aromatic heterocycles. The van der Waals surface area contributed by atoms with Crippen LogP contribution in [-0.2, 0) is 9.53 Å². The minimum atomic E-state index is -0.430. The van der Waals surface area contributed by atoms with Crippen molar-refractivity contribution < 1.29 is 33.8 Å². The Morgan fingerprint density at radius 1 is 0.522 bits per heavy atom. The molecule has 14 rings (SSSR count). The van der Waals surface area contributed by atoms with Gasteiger partial charge in [0.15, 0.2) is 0 Å². The highest BCUT2D eigenvalue weighted by molar-refractivity contribution is 6.41. The van der Waals surface area contributed by atoms with E-state index in [4.69, 9.17) is 4.74 Å². The second-order valence-electron chi connectivity index (χ2n) is 17.9. The van der Waals surface area contributed by atoms with Crippen LogP contribution in [0.5, 0.6) is 0 Å². The number of fused-ring (bicyclic) bond motifs is 20. The van der Waals surface area contributed by atoms with Crippen LogP contribution in [0.4, 0.5) is 0 Å². The predicted molar refractivity (Wildman–Crippen MR) is 258 cm³/mol. The smallest absolute Gasteiger partial charge is 0.303 e. The van der Waals surface area contributed by atoms with Crippen LogP contribution >= 0.6 is 0 Å². The molecule has 6 aromatic carbocycles. The van der Waals surface area contributed by atoms with Crippen LogP contribution in [0.3, 0.4) is 0 Å². The van der Waals surface area contributed by atoms with E-state index in [1.54, 1.807) is 0 Å². The van der Waals surface area contributed by atoms with Crippen LogP contribution in [0.15, 0.2) is 121 Å². The Morgan fingerprint density at radius 2 is 0.940 bits per heavy atom. The van der Waals surface area contributed by atoms with Crippen molar-refractivity contribution in [2.45, 2.75) is 56.9 Å². The number of nitrogens with one attached hydrogen (secondary N) is 4. The number of nitrogens with zero attached hydrogens (tertiary/aromatic N) is 2. The molecule has 13 nitrogen and oxygen atoms in total. The quantitative estimate of drug-likeness (QED) is 0.0666. The molecular formula is C54H40N6O7. The third-order valence-corrected chi connectivity index (χ3v) is 14.2. The summed E-state index contributed by atoms with van der Waals surface area (Å²) < 4.78 is 9.92. The van der Waals surface area contributed by atoms with Gasteiger partial charge in [0.25, 0.3) is 23.6 Å². The summed E-state index contributed by atoms with van der Waals surface area (Å²) in [5.74, 6) is -1.71. The molecule has 328 valence electrons. The van der Waals surface area contributed by atoms with E-state index in [0.29, 0.717) is 35.1 Å². The van der Waals surface area contributed by atoms with Crippen molar-refractivity contribution in [3.63, 3.8) is 0 Å². The average molecular weight is 885 g/mol. The molecule has 0 radical (unpaired) electrons. The number of allylic oxidation sites excluding steroid dienone is 2. The first-order valence-corrected chi connectivity index (χ1v) is 22.6. The van der Waals surface area contributed by atoms with Gasteiger partial charge in [-0.2, -0.15) is 0 Å². The van der Waals surface area contributed by atoms with E-state index >= 15 is 0 Å². The van der Waals surface area contributed by atoms with Gasteiger partial charge >= 0.3 is 5.97 Å². The fourth-order valence-corrected chi connectivity index (χ4v) is 11.5. The number of hydrogen-bond acceptors (Lipinski definition) is 7. The maximum Gasteiger partial charge on any atom is 0.303 e. The van der Waals surface area contributed by atoms with Gasteiger partial charge in [0.05, 0.1) is 62.5 Å². The molecule has 4 amide bonds. The summed E-state index contributed by atoms with van der Waals surface area (Å²) in [5, 5.41) is 22.0. The van der Waals surface area contributed by atoms with Gasteiger partial charge in [-0.1, -0.05) is 91.0 Å². The zero-order chi connectivity index (χ0) is 45.4. The lowest BCUT2D eigenvalue weighted by molar-refractivity contribution is -0.144. The van der Waals surface area contributed by atoms with Crippen molar-refractivity contribution in [3.05, 3.63) is 144 Å².